The van der Waals surface area contributed by atoms with Crippen LogP contribution in [-0.4, -0.2) is 18.4 Å². The van der Waals surface area contributed by atoms with E-state index in [1.54, 1.807) is 18.2 Å². The van der Waals surface area contributed by atoms with Gasteiger partial charge in [-0.1, -0.05) is 60.1 Å². The summed E-state index contributed by atoms with van der Waals surface area (Å²) in [6.45, 7) is 3.96. The summed E-state index contributed by atoms with van der Waals surface area (Å²) in [4.78, 5) is 24.7. The number of ether oxygens (including phenoxy) is 1. The largest absolute Gasteiger partial charge is 0.482 e. The Morgan fingerprint density at radius 3 is 2.53 bits per heavy atom. The number of anilines is 1. The third-order valence-electron chi connectivity index (χ3n) is 4.95. The molecule has 0 saturated heterocycles. The molecule has 3 rings (SSSR count). The molecule has 0 atom stereocenters. The van der Waals surface area contributed by atoms with Crippen LogP contribution in [0.1, 0.15) is 22.3 Å². The lowest BCUT2D eigenvalue weighted by atomic mass is 10.1. The van der Waals surface area contributed by atoms with Gasteiger partial charge in [0.05, 0.1) is 5.02 Å². The fourth-order valence-electron chi connectivity index (χ4n) is 3.11. The molecule has 0 aliphatic heterocycles. The fourth-order valence-corrected chi connectivity index (χ4v) is 3.36. The number of nitrogens with zero attached hydrogens (tertiary/aromatic N) is 1. The first-order valence-corrected chi connectivity index (χ1v) is 11.0. The van der Waals surface area contributed by atoms with Crippen molar-refractivity contribution in [1.82, 2.24) is 5.32 Å². The van der Waals surface area contributed by atoms with E-state index >= 15 is 0 Å². The maximum Gasteiger partial charge on any atom is 0.262 e. The summed E-state index contributed by atoms with van der Waals surface area (Å²) in [5, 5.41) is 15.2. The monoisotopic (exact) mass is 473 g/mol. The molecular formula is C27H24ClN3O3. The summed E-state index contributed by atoms with van der Waals surface area (Å²) >= 11 is 6.30. The van der Waals surface area contributed by atoms with E-state index in [1.165, 1.54) is 6.08 Å². The molecule has 6 nitrogen and oxygen atoms in total. The molecule has 0 saturated carbocycles. The minimum absolute atomic E-state index is 0.0476. The Kier molecular flexibility index (Phi) is 8.44. The summed E-state index contributed by atoms with van der Waals surface area (Å²) in [6, 6.07) is 22.0. The van der Waals surface area contributed by atoms with Crippen molar-refractivity contribution in [3.8, 4) is 11.8 Å². The lowest BCUT2D eigenvalue weighted by Crippen LogP contribution is -2.23. The number of nitriles is 1. The number of amides is 2. The van der Waals surface area contributed by atoms with E-state index in [0.29, 0.717) is 17.9 Å². The van der Waals surface area contributed by atoms with E-state index < -0.39 is 5.91 Å². The summed E-state index contributed by atoms with van der Waals surface area (Å²) in [6.07, 6.45) is 1.45. The summed E-state index contributed by atoms with van der Waals surface area (Å²) in [7, 11) is 0. The Morgan fingerprint density at radius 2 is 1.82 bits per heavy atom. The number of aryl methyl sites for hydroxylation is 2. The van der Waals surface area contributed by atoms with Crippen LogP contribution in [0.4, 0.5) is 5.69 Å². The zero-order valence-corrected chi connectivity index (χ0v) is 19.6. The number of benzene rings is 3. The molecule has 0 fully saturated rings. The van der Waals surface area contributed by atoms with Crippen molar-refractivity contribution in [2.75, 3.05) is 11.9 Å². The molecule has 0 radical (unpaired) electrons. The third-order valence-corrected chi connectivity index (χ3v) is 5.25. The highest BCUT2D eigenvalue weighted by Crippen LogP contribution is 2.26. The number of halogens is 1. The predicted octanol–water partition coefficient (Wildman–Crippen LogP) is 5.20. The van der Waals surface area contributed by atoms with E-state index in [0.717, 1.165) is 22.4 Å². The van der Waals surface area contributed by atoms with Gasteiger partial charge in [0.15, 0.2) is 6.61 Å². The van der Waals surface area contributed by atoms with Gasteiger partial charge >= 0.3 is 0 Å². The molecule has 0 heterocycles. The summed E-state index contributed by atoms with van der Waals surface area (Å²) in [5.41, 5.74) is 4.17. The van der Waals surface area contributed by atoms with E-state index in [9.17, 15) is 14.9 Å². The Bertz CT molecular complexity index is 1260. The predicted molar refractivity (Wildman–Crippen MR) is 133 cm³/mol. The Balaban J connectivity index is 1.60. The van der Waals surface area contributed by atoms with Gasteiger partial charge in [0, 0.05) is 12.2 Å². The van der Waals surface area contributed by atoms with Crippen LogP contribution in [0.2, 0.25) is 5.02 Å². The van der Waals surface area contributed by atoms with Gasteiger partial charge in [0.25, 0.3) is 11.8 Å². The Hall–Kier alpha value is -4.08. The number of nitrogens with one attached hydrogen (secondary N) is 2. The van der Waals surface area contributed by atoms with Crippen molar-refractivity contribution in [1.29, 1.82) is 5.26 Å². The van der Waals surface area contributed by atoms with E-state index in [1.807, 2.05) is 68.4 Å². The van der Waals surface area contributed by atoms with Crippen LogP contribution >= 0.6 is 11.6 Å². The molecule has 34 heavy (non-hydrogen) atoms. The molecule has 2 N–H and O–H groups in total. The Labute approximate surface area is 203 Å². The van der Waals surface area contributed by atoms with Crippen molar-refractivity contribution in [3.05, 3.63) is 99.6 Å². The van der Waals surface area contributed by atoms with Crippen LogP contribution in [0.15, 0.2) is 72.3 Å². The first-order chi connectivity index (χ1) is 16.4. The first kappa shape index (κ1) is 24.6. The highest BCUT2D eigenvalue weighted by Gasteiger charge is 2.11. The molecule has 7 heteroatoms. The minimum Gasteiger partial charge on any atom is -0.482 e. The van der Waals surface area contributed by atoms with Gasteiger partial charge in [-0.2, -0.15) is 5.26 Å². The summed E-state index contributed by atoms with van der Waals surface area (Å²) in [5.74, 6) is -0.469. The zero-order chi connectivity index (χ0) is 24.5. The molecule has 0 spiro atoms. The molecule has 0 aliphatic rings. The second kappa shape index (κ2) is 11.7. The molecule has 3 aromatic carbocycles. The van der Waals surface area contributed by atoms with Crippen molar-refractivity contribution in [2.45, 2.75) is 20.4 Å². The maximum atomic E-state index is 12.4. The van der Waals surface area contributed by atoms with Crippen LogP contribution in [0.3, 0.4) is 0 Å². The van der Waals surface area contributed by atoms with Gasteiger partial charge < -0.3 is 15.4 Å². The van der Waals surface area contributed by atoms with Gasteiger partial charge in [0.2, 0.25) is 0 Å². The molecule has 0 bridgehead atoms. The summed E-state index contributed by atoms with van der Waals surface area (Å²) < 4.78 is 5.55. The lowest BCUT2D eigenvalue weighted by molar-refractivity contribution is -0.118. The topological polar surface area (TPSA) is 91.2 Å². The molecule has 172 valence electrons. The molecule has 0 aliphatic carbocycles. The molecule has 0 aromatic heterocycles. The van der Waals surface area contributed by atoms with Crippen LogP contribution < -0.4 is 15.4 Å². The van der Waals surface area contributed by atoms with Crippen molar-refractivity contribution >= 4 is 35.2 Å². The number of carbonyl (C=O) groups excluding carboxylic acids is 2. The van der Waals surface area contributed by atoms with Gasteiger partial charge in [0.1, 0.15) is 17.4 Å². The van der Waals surface area contributed by atoms with E-state index in [2.05, 4.69) is 10.6 Å². The lowest BCUT2D eigenvalue weighted by Gasteiger charge is -2.11. The van der Waals surface area contributed by atoms with E-state index in [4.69, 9.17) is 16.3 Å². The van der Waals surface area contributed by atoms with Gasteiger partial charge in [-0.25, -0.2) is 0 Å². The SMILES string of the molecule is Cc1ccc(C)c(NC(=O)COc2ccc(/C=C(\C#N)C(=O)NCc3ccccc3)cc2Cl)c1. The zero-order valence-electron chi connectivity index (χ0n) is 18.9. The smallest absolute Gasteiger partial charge is 0.262 e. The minimum atomic E-state index is -0.481. The average molecular weight is 474 g/mol. The van der Waals surface area contributed by atoms with Crippen LogP contribution in [-0.2, 0) is 16.1 Å². The quantitative estimate of drug-likeness (QED) is 0.347. The first-order valence-electron chi connectivity index (χ1n) is 10.6. The van der Waals surface area contributed by atoms with Crippen LogP contribution in [0.25, 0.3) is 6.08 Å². The van der Waals surface area contributed by atoms with Crippen LogP contribution in [0.5, 0.6) is 5.75 Å². The maximum absolute atomic E-state index is 12.4. The highest BCUT2D eigenvalue weighted by molar-refractivity contribution is 6.32. The number of rotatable bonds is 8. The molecule has 2 amide bonds. The van der Waals surface area contributed by atoms with Crippen molar-refractivity contribution in [2.24, 2.45) is 0 Å². The fraction of sp³-hybridized carbons (Fsp3) is 0.148. The van der Waals surface area contributed by atoms with Crippen LogP contribution in [0, 0.1) is 25.2 Å². The molecule has 0 unspecified atom stereocenters. The average Bonchev–Trinajstić information content (AvgIpc) is 2.83. The Morgan fingerprint density at radius 1 is 1.06 bits per heavy atom. The standard InChI is InChI=1S/C27H24ClN3O3/c1-18-8-9-19(2)24(12-18)31-26(32)17-34-25-11-10-21(14-23(25)28)13-22(15-29)27(33)30-16-20-6-4-3-5-7-20/h3-14H,16-17H2,1-2H3,(H,30,33)(H,31,32)/b22-13+. The van der Waals surface area contributed by atoms with E-state index in [-0.39, 0.29) is 23.1 Å². The number of hydrogen-bond donors (Lipinski definition) is 2. The normalized spacial score (nSPS) is 10.8. The highest BCUT2D eigenvalue weighted by atomic mass is 35.5. The number of carbonyl (C=O) groups is 2. The van der Waals surface area contributed by atoms with Gasteiger partial charge in [-0.05, 0) is 60.4 Å². The second-order valence-electron chi connectivity index (χ2n) is 7.68. The van der Waals surface area contributed by atoms with Gasteiger partial charge in [-0.15, -0.1) is 0 Å². The van der Waals surface area contributed by atoms with Crippen molar-refractivity contribution < 1.29 is 14.3 Å². The van der Waals surface area contributed by atoms with Crippen molar-refractivity contribution in [3.63, 3.8) is 0 Å². The number of hydrogen-bond acceptors (Lipinski definition) is 4. The molecular weight excluding hydrogens is 450 g/mol. The second-order valence-corrected chi connectivity index (χ2v) is 8.09. The van der Waals surface area contributed by atoms with Gasteiger partial charge in [-0.3, -0.25) is 9.59 Å². The molecule has 3 aromatic rings. The third kappa shape index (κ3) is 6.96.